The van der Waals surface area contributed by atoms with Crippen LogP contribution in [0, 0.1) is 23.7 Å². The second kappa shape index (κ2) is 7.14. The maximum absolute atomic E-state index is 10.6. The molecule has 0 fully saturated rings. The molecule has 0 saturated carbocycles. The lowest BCUT2D eigenvalue weighted by atomic mass is 10.1. The summed E-state index contributed by atoms with van der Waals surface area (Å²) in [5, 5.41) is 8.71. The third kappa shape index (κ3) is 4.91. The topological polar surface area (TPSA) is 37.3 Å². The molecule has 0 saturated heterocycles. The number of carboxylic acid groups (broad SMARTS) is 1. The van der Waals surface area contributed by atoms with Gasteiger partial charge < -0.3 is 5.11 Å². The van der Waals surface area contributed by atoms with Crippen molar-refractivity contribution in [2.45, 2.75) is 26.2 Å². The van der Waals surface area contributed by atoms with Gasteiger partial charge in [-0.15, -0.1) is 0 Å². The van der Waals surface area contributed by atoms with Gasteiger partial charge in [-0.25, -0.2) is 4.79 Å². The van der Waals surface area contributed by atoms with E-state index < -0.39 is 5.97 Å². The lowest BCUT2D eigenvalue weighted by Crippen LogP contribution is -1.94. The molecular weight excluding hydrogens is 212 g/mol. The normalized spacial score (nSPS) is 8.53. The minimum absolute atomic E-state index is 0.268. The molecule has 0 spiro atoms. The minimum Gasteiger partial charge on any atom is -0.478 e. The Kier molecular flexibility index (Phi) is 5.41. The minimum atomic E-state index is -0.927. The van der Waals surface area contributed by atoms with Crippen LogP contribution in [0.3, 0.4) is 0 Å². The Morgan fingerprint density at radius 2 is 1.94 bits per heavy atom. The summed E-state index contributed by atoms with van der Waals surface area (Å²) in [6.07, 6.45) is 3.11. The van der Waals surface area contributed by atoms with Crippen molar-refractivity contribution >= 4 is 5.97 Å². The molecule has 1 N–H and O–H groups in total. The Hall–Kier alpha value is -2.19. The van der Waals surface area contributed by atoms with Crippen LogP contribution in [-0.4, -0.2) is 11.1 Å². The molecule has 0 aliphatic rings. The number of hydrogen-bond acceptors (Lipinski definition) is 1. The summed E-state index contributed by atoms with van der Waals surface area (Å²) >= 11 is 0. The van der Waals surface area contributed by atoms with E-state index in [4.69, 9.17) is 5.11 Å². The zero-order valence-corrected chi connectivity index (χ0v) is 9.79. The van der Waals surface area contributed by atoms with Crippen LogP contribution < -0.4 is 0 Å². The van der Waals surface area contributed by atoms with Crippen molar-refractivity contribution < 1.29 is 9.90 Å². The molecule has 0 atom stereocenters. The number of carbonyl (C=O) groups is 1. The molecular formula is C15H14O2. The molecule has 2 nitrogen and oxygen atoms in total. The highest BCUT2D eigenvalue weighted by Gasteiger charge is 1.99. The summed E-state index contributed by atoms with van der Waals surface area (Å²) in [5.74, 6) is 10.4. The Balaban J connectivity index is 2.59. The highest BCUT2D eigenvalue weighted by atomic mass is 16.4. The second-order valence-corrected chi connectivity index (χ2v) is 3.54. The summed E-state index contributed by atoms with van der Waals surface area (Å²) < 4.78 is 0. The van der Waals surface area contributed by atoms with Gasteiger partial charge >= 0.3 is 5.97 Å². The largest absolute Gasteiger partial charge is 0.478 e. The zero-order valence-electron chi connectivity index (χ0n) is 9.79. The fraction of sp³-hybridized carbons (Fsp3) is 0.267. The number of benzene rings is 1. The number of rotatable bonds is 3. The predicted molar refractivity (Wildman–Crippen MR) is 67.6 cm³/mol. The third-order valence-corrected chi connectivity index (χ3v) is 2.14. The summed E-state index contributed by atoms with van der Waals surface area (Å²) in [5.41, 5.74) is 1.05. The van der Waals surface area contributed by atoms with E-state index in [1.165, 1.54) is 12.1 Å². The van der Waals surface area contributed by atoms with Gasteiger partial charge in [0.2, 0.25) is 0 Å². The van der Waals surface area contributed by atoms with E-state index in [-0.39, 0.29) is 5.56 Å². The van der Waals surface area contributed by atoms with E-state index in [0.29, 0.717) is 0 Å². The Morgan fingerprint density at radius 1 is 1.24 bits per heavy atom. The van der Waals surface area contributed by atoms with Gasteiger partial charge in [0.05, 0.1) is 5.56 Å². The molecule has 1 aromatic rings. The first-order valence-corrected chi connectivity index (χ1v) is 5.56. The molecule has 1 rings (SSSR count). The van der Waals surface area contributed by atoms with Crippen LogP contribution in [-0.2, 0) is 0 Å². The van der Waals surface area contributed by atoms with Gasteiger partial charge in [0.25, 0.3) is 0 Å². The maximum Gasteiger partial charge on any atom is 0.335 e. The molecule has 0 aliphatic heterocycles. The van der Waals surface area contributed by atoms with Crippen LogP contribution in [0.4, 0.5) is 0 Å². The Morgan fingerprint density at radius 3 is 2.53 bits per heavy atom. The Bertz CT molecular complexity index is 490. The van der Waals surface area contributed by atoms with Crippen LogP contribution in [0.15, 0.2) is 24.3 Å². The molecule has 2 heteroatoms. The summed E-state index contributed by atoms with van der Waals surface area (Å²) in [6.45, 7) is 2.12. The highest BCUT2D eigenvalue weighted by molar-refractivity contribution is 5.87. The number of carboxylic acids is 1. The maximum atomic E-state index is 10.6. The van der Waals surface area contributed by atoms with Crippen molar-refractivity contribution in [2.24, 2.45) is 0 Å². The van der Waals surface area contributed by atoms with E-state index >= 15 is 0 Å². The average Bonchev–Trinajstić information content (AvgIpc) is 2.34. The van der Waals surface area contributed by atoms with Gasteiger partial charge in [0, 0.05) is 12.0 Å². The second-order valence-electron chi connectivity index (χ2n) is 3.54. The van der Waals surface area contributed by atoms with Crippen molar-refractivity contribution in [3.8, 4) is 23.7 Å². The van der Waals surface area contributed by atoms with Crippen molar-refractivity contribution in [1.82, 2.24) is 0 Å². The standard InChI is InChI=1S/C15H14O2/c1-2-3-4-5-6-7-8-13-9-11-14(12-10-13)15(16)17/h9-12H,2-4H2,1H3,(H,16,17). The van der Waals surface area contributed by atoms with Crippen LogP contribution in [0.2, 0.25) is 0 Å². The quantitative estimate of drug-likeness (QED) is 0.635. The molecule has 1 aromatic carbocycles. The van der Waals surface area contributed by atoms with Gasteiger partial charge in [0.1, 0.15) is 0 Å². The van der Waals surface area contributed by atoms with Crippen LogP contribution in [0.1, 0.15) is 42.1 Å². The van der Waals surface area contributed by atoms with Gasteiger partial charge in [0.15, 0.2) is 0 Å². The van der Waals surface area contributed by atoms with E-state index in [9.17, 15) is 4.79 Å². The van der Waals surface area contributed by atoms with Crippen LogP contribution in [0.5, 0.6) is 0 Å². The molecule has 0 heterocycles. The van der Waals surface area contributed by atoms with E-state index in [0.717, 1.165) is 24.8 Å². The lowest BCUT2D eigenvalue weighted by molar-refractivity contribution is 0.0697. The molecule has 86 valence electrons. The van der Waals surface area contributed by atoms with E-state index in [1.807, 2.05) is 0 Å². The highest BCUT2D eigenvalue weighted by Crippen LogP contribution is 2.02. The number of hydrogen-bond donors (Lipinski definition) is 1. The molecule has 0 radical (unpaired) electrons. The monoisotopic (exact) mass is 226 g/mol. The molecule has 0 unspecified atom stereocenters. The SMILES string of the molecule is CCCCC#CC#Cc1ccc(C(=O)O)cc1. The van der Waals surface area contributed by atoms with Crippen molar-refractivity contribution in [3.05, 3.63) is 35.4 Å². The summed E-state index contributed by atoms with van der Waals surface area (Å²) in [6, 6.07) is 6.45. The molecule has 0 amide bonds. The fourth-order valence-electron chi connectivity index (χ4n) is 1.17. The molecule has 0 aliphatic carbocycles. The van der Waals surface area contributed by atoms with Crippen molar-refractivity contribution in [3.63, 3.8) is 0 Å². The van der Waals surface area contributed by atoms with Crippen molar-refractivity contribution in [1.29, 1.82) is 0 Å². The van der Waals surface area contributed by atoms with Crippen LogP contribution >= 0.6 is 0 Å². The first-order valence-electron chi connectivity index (χ1n) is 5.56. The summed E-state index contributed by atoms with van der Waals surface area (Å²) in [4.78, 5) is 10.6. The third-order valence-electron chi connectivity index (χ3n) is 2.14. The smallest absolute Gasteiger partial charge is 0.335 e. The number of unbranched alkanes of at least 4 members (excludes halogenated alkanes) is 2. The molecule has 17 heavy (non-hydrogen) atoms. The van der Waals surface area contributed by atoms with E-state index in [1.54, 1.807) is 12.1 Å². The zero-order chi connectivity index (χ0) is 12.5. The molecule has 0 aromatic heterocycles. The van der Waals surface area contributed by atoms with Crippen molar-refractivity contribution in [2.75, 3.05) is 0 Å². The van der Waals surface area contributed by atoms with Gasteiger partial charge in [-0.05, 0) is 42.5 Å². The average molecular weight is 226 g/mol. The van der Waals surface area contributed by atoms with E-state index in [2.05, 4.69) is 30.6 Å². The first-order chi connectivity index (χ1) is 8.24. The Labute approximate surface area is 102 Å². The number of aromatic carboxylic acids is 1. The molecule has 0 bridgehead atoms. The lowest BCUT2D eigenvalue weighted by Gasteiger charge is -1.92. The summed E-state index contributed by atoms with van der Waals surface area (Å²) in [7, 11) is 0. The predicted octanol–water partition coefficient (Wildman–Crippen LogP) is 2.93. The first kappa shape index (κ1) is 12.9. The fourth-order valence-corrected chi connectivity index (χ4v) is 1.17. The van der Waals surface area contributed by atoms with Gasteiger partial charge in [-0.2, -0.15) is 0 Å². The van der Waals surface area contributed by atoms with Crippen LogP contribution in [0.25, 0.3) is 0 Å². The van der Waals surface area contributed by atoms with Gasteiger partial charge in [-0.3, -0.25) is 0 Å². The van der Waals surface area contributed by atoms with Gasteiger partial charge in [-0.1, -0.05) is 25.2 Å².